The second-order valence-electron chi connectivity index (χ2n) is 7.82. The SMILES string of the molecule is CCC(CC(C)(C)OCCN)C(CC)n1[nH]c(=O)c2cnc3[nH]ccc3c21. The molecule has 2 unspecified atom stereocenters. The van der Waals surface area contributed by atoms with Crippen LogP contribution in [0.2, 0.25) is 0 Å². The summed E-state index contributed by atoms with van der Waals surface area (Å²) in [5.41, 5.74) is 6.98. The van der Waals surface area contributed by atoms with E-state index in [1.165, 1.54) is 0 Å². The smallest absolute Gasteiger partial charge is 0.273 e. The minimum Gasteiger partial charge on any atom is -0.374 e. The van der Waals surface area contributed by atoms with Gasteiger partial charge in [0.2, 0.25) is 0 Å². The molecular formula is C20H31N5O2. The predicted octanol–water partition coefficient (Wildman–Crippen LogP) is 3.33. The van der Waals surface area contributed by atoms with Crippen LogP contribution in [0, 0.1) is 5.92 Å². The van der Waals surface area contributed by atoms with E-state index in [2.05, 4.69) is 47.4 Å². The topological polar surface area (TPSA) is 102 Å². The van der Waals surface area contributed by atoms with Crippen LogP contribution in [0.25, 0.3) is 21.9 Å². The molecule has 0 fully saturated rings. The Morgan fingerprint density at radius 3 is 2.74 bits per heavy atom. The first kappa shape index (κ1) is 19.6. The number of aromatic nitrogens is 4. The van der Waals surface area contributed by atoms with E-state index in [1.54, 1.807) is 6.20 Å². The fourth-order valence-electron chi connectivity index (χ4n) is 4.20. The molecule has 2 atom stereocenters. The van der Waals surface area contributed by atoms with Gasteiger partial charge in [-0.2, -0.15) is 0 Å². The molecule has 148 valence electrons. The maximum Gasteiger partial charge on any atom is 0.273 e. The van der Waals surface area contributed by atoms with Crippen molar-refractivity contribution in [3.05, 3.63) is 28.8 Å². The van der Waals surface area contributed by atoms with Gasteiger partial charge in [0, 0.05) is 24.3 Å². The van der Waals surface area contributed by atoms with Gasteiger partial charge in [0.15, 0.2) is 0 Å². The average Bonchev–Trinajstić information content (AvgIpc) is 3.24. The van der Waals surface area contributed by atoms with Gasteiger partial charge in [-0.05, 0) is 38.7 Å². The summed E-state index contributed by atoms with van der Waals surface area (Å²) in [6.45, 7) is 9.67. The zero-order chi connectivity index (χ0) is 19.6. The molecule has 3 rings (SSSR count). The van der Waals surface area contributed by atoms with Gasteiger partial charge in [0.25, 0.3) is 5.56 Å². The molecule has 0 saturated carbocycles. The molecule has 4 N–H and O–H groups in total. The van der Waals surface area contributed by atoms with E-state index in [1.807, 2.05) is 12.3 Å². The second kappa shape index (κ2) is 7.86. The molecule has 27 heavy (non-hydrogen) atoms. The highest BCUT2D eigenvalue weighted by Gasteiger charge is 2.30. The molecule has 0 aliphatic heterocycles. The monoisotopic (exact) mass is 373 g/mol. The number of nitrogens with two attached hydrogens (primary N) is 1. The Hall–Kier alpha value is -2.12. The first-order valence-electron chi connectivity index (χ1n) is 9.82. The summed E-state index contributed by atoms with van der Waals surface area (Å²) < 4.78 is 8.03. The van der Waals surface area contributed by atoms with Gasteiger partial charge in [-0.15, -0.1) is 0 Å². The van der Waals surface area contributed by atoms with Gasteiger partial charge in [-0.1, -0.05) is 20.3 Å². The van der Waals surface area contributed by atoms with Crippen LogP contribution in [0.5, 0.6) is 0 Å². The van der Waals surface area contributed by atoms with E-state index < -0.39 is 0 Å². The van der Waals surface area contributed by atoms with Gasteiger partial charge >= 0.3 is 0 Å². The number of H-pyrrole nitrogens is 2. The van der Waals surface area contributed by atoms with Crippen LogP contribution in [0.4, 0.5) is 0 Å². The minimum atomic E-state index is -0.262. The molecule has 0 saturated heterocycles. The van der Waals surface area contributed by atoms with Crippen LogP contribution in [-0.2, 0) is 4.74 Å². The van der Waals surface area contributed by atoms with Crippen molar-refractivity contribution in [1.82, 2.24) is 19.7 Å². The van der Waals surface area contributed by atoms with E-state index in [4.69, 9.17) is 10.5 Å². The Balaban J connectivity index is 2.04. The van der Waals surface area contributed by atoms with Crippen molar-refractivity contribution in [2.24, 2.45) is 11.7 Å². The molecule has 0 aliphatic rings. The summed E-state index contributed by atoms with van der Waals surface area (Å²) in [5.74, 6) is 0.358. The maximum atomic E-state index is 12.6. The molecule has 0 bridgehead atoms. The number of fused-ring (bicyclic) bond motifs is 3. The average molecular weight is 374 g/mol. The quantitative estimate of drug-likeness (QED) is 0.535. The van der Waals surface area contributed by atoms with Gasteiger partial charge in [-0.3, -0.25) is 14.6 Å². The standard InChI is InChI=1S/C20H31N5O2/c1-5-13(11-20(3,4)27-10-8-21)16(6-2)25-17-14-7-9-22-18(14)23-12-15(17)19(26)24-25/h7,9,12-13,16H,5-6,8,10-11,21H2,1-4H3,(H,22,23)(H,24,26). The van der Waals surface area contributed by atoms with Crippen LogP contribution < -0.4 is 11.3 Å². The number of hydrogen-bond acceptors (Lipinski definition) is 4. The molecular weight excluding hydrogens is 342 g/mol. The van der Waals surface area contributed by atoms with E-state index in [9.17, 15) is 4.79 Å². The Labute approximate surface area is 159 Å². The number of rotatable bonds is 9. The number of pyridine rings is 1. The summed E-state index contributed by atoms with van der Waals surface area (Å²) in [5, 5.41) is 4.68. The van der Waals surface area contributed by atoms with Crippen molar-refractivity contribution in [2.75, 3.05) is 13.2 Å². The molecule has 3 aromatic heterocycles. The Morgan fingerprint density at radius 1 is 1.30 bits per heavy atom. The zero-order valence-electron chi connectivity index (χ0n) is 16.7. The molecule has 0 radical (unpaired) electrons. The van der Waals surface area contributed by atoms with Crippen LogP contribution in [-0.4, -0.2) is 38.5 Å². The normalized spacial score (nSPS) is 14.9. The summed E-state index contributed by atoms with van der Waals surface area (Å²) >= 11 is 0. The first-order chi connectivity index (χ1) is 12.9. The Morgan fingerprint density at radius 2 is 2.07 bits per heavy atom. The molecule has 7 nitrogen and oxygen atoms in total. The second-order valence-corrected chi connectivity index (χ2v) is 7.82. The van der Waals surface area contributed by atoms with Gasteiger partial charge < -0.3 is 15.5 Å². The van der Waals surface area contributed by atoms with Crippen LogP contribution in [0.3, 0.4) is 0 Å². The Bertz CT molecular complexity index is 952. The van der Waals surface area contributed by atoms with Crippen molar-refractivity contribution in [2.45, 2.75) is 58.6 Å². The van der Waals surface area contributed by atoms with Crippen LogP contribution in [0.1, 0.15) is 53.0 Å². The van der Waals surface area contributed by atoms with Crippen LogP contribution >= 0.6 is 0 Å². The molecule has 0 aliphatic carbocycles. The fraction of sp³-hybridized carbons (Fsp3) is 0.600. The highest BCUT2D eigenvalue weighted by Crippen LogP contribution is 2.35. The molecule has 7 heteroatoms. The number of hydrogen-bond donors (Lipinski definition) is 3. The lowest BCUT2D eigenvalue weighted by atomic mass is 9.84. The third kappa shape index (κ3) is 3.80. The van der Waals surface area contributed by atoms with Crippen molar-refractivity contribution in [3.63, 3.8) is 0 Å². The fourth-order valence-corrected chi connectivity index (χ4v) is 4.20. The minimum absolute atomic E-state index is 0.0902. The predicted molar refractivity (Wildman–Crippen MR) is 109 cm³/mol. The van der Waals surface area contributed by atoms with E-state index in [0.29, 0.717) is 24.5 Å². The zero-order valence-corrected chi connectivity index (χ0v) is 16.7. The molecule has 3 heterocycles. The van der Waals surface area contributed by atoms with Crippen molar-refractivity contribution in [3.8, 4) is 0 Å². The number of ether oxygens (including phenoxy) is 1. The number of aromatic amines is 2. The number of nitrogens with zero attached hydrogens (tertiary/aromatic N) is 2. The Kier molecular flexibility index (Phi) is 5.72. The summed E-state index contributed by atoms with van der Waals surface area (Å²) in [6, 6.07) is 2.15. The van der Waals surface area contributed by atoms with Crippen LogP contribution in [0.15, 0.2) is 23.3 Å². The largest absolute Gasteiger partial charge is 0.374 e. The molecule has 0 aromatic carbocycles. The van der Waals surface area contributed by atoms with E-state index >= 15 is 0 Å². The molecule has 3 aromatic rings. The van der Waals surface area contributed by atoms with E-state index in [-0.39, 0.29) is 17.2 Å². The first-order valence-corrected chi connectivity index (χ1v) is 9.82. The molecule has 0 spiro atoms. The maximum absolute atomic E-state index is 12.6. The number of nitrogens with one attached hydrogen (secondary N) is 2. The summed E-state index contributed by atoms with van der Waals surface area (Å²) in [4.78, 5) is 20.1. The summed E-state index contributed by atoms with van der Waals surface area (Å²) in [6.07, 6.45) is 6.33. The van der Waals surface area contributed by atoms with E-state index in [0.717, 1.165) is 35.8 Å². The lowest BCUT2D eigenvalue weighted by Gasteiger charge is -2.34. The lowest BCUT2D eigenvalue weighted by molar-refractivity contribution is -0.0361. The van der Waals surface area contributed by atoms with Gasteiger partial charge in [-0.25, -0.2) is 4.98 Å². The van der Waals surface area contributed by atoms with Gasteiger partial charge in [0.05, 0.1) is 29.2 Å². The summed E-state index contributed by atoms with van der Waals surface area (Å²) in [7, 11) is 0. The third-order valence-corrected chi connectivity index (χ3v) is 5.45. The third-order valence-electron chi connectivity index (χ3n) is 5.45. The van der Waals surface area contributed by atoms with Crippen molar-refractivity contribution < 1.29 is 4.74 Å². The highest BCUT2D eigenvalue weighted by atomic mass is 16.5. The highest BCUT2D eigenvalue weighted by molar-refractivity contribution is 6.02. The lowest BCUT2D eigenvalue weighted by Crippen LogP contribution is -2.33. The van der Waals surface area contributed by atoms with Gasteiger partial charge in [0.1, 0.15) is 5.65 Å². The van der Waals surface area contributed by atoms with Crippen molar-refractivity contribution >= 4 is 21.9 Å². The van der Waals surface area contributed by atoms with Crippen molar-refractivity contribution in [1.29, 1.82) is 0 Å². The molecule has 0 amide bonds.